The normalized spacial score (nSPS) is 35.9. The summed E-state index contributed by atoms with van der Waals surface area (Å²) in [6.45, 7) is 3.64. The van der Waals surface area contributed by atoms with Crippen LogP contribution in [0.5, 0.6) is 0 Å². The number of thioether (sulfide) groups is 1. The van der Waals surface area contributed by atoms with E-state index in [-0.39, 0.29) is 23.2 Å². The molecule has 0 aromatic carbocycles. The van der Waals surface area contributed by atoms with Gasteiger partial charge in [0.25, 0.3) is 0 Å². The zero-order chi connectivity index (χ0) is 18.4. The average molecular weight is 367 g/mol. The van der Waals surface area contributed by atoms with Crippen molar-refractivity contribution in [2.75, 3.05) is 0 Å². The Morgan fingerprint density at radius 1 is 1.48 bits per heavy atom. The summed E-state index contributed by atoms with van der Waals surface area (Å²) in [7, 11) is 0. The molecule has 138 valence electrons. The Balaban J connectivity index is 1.54. The quantitative estimate of drug-likeness (QED) is 0.487. The van der Waals surface area contributed by atoms with Crippen molar-refractivity contribution in [1.29, 1.82) is 0 Å². The van der Waals surface area contributed by atoms with Crippen molar-refractivity contribution in [3.63, 3.8) is 0 Å². The number of carbonyl (C=O) groups excluding carboxylic acids is 2. The third-order valence-corrected chi connectivity index (χ3v) is 6.91. The summed E-state index contributed by atoms with van der Waals surface area (Å²) in [5.41, 5.74) is 6.03. The van der Waals surface area contributed by atoms with Crippen LogP contribution in [0, 0.1) is 5.92 Å². The number of nitrogens with zero attached hydrogens (tertiary/aromatic N) is 1. The molecule has 7 nitrogen and oxygen atoms in total. The summed E-state index contributed by atoms with van der Waals surface area (Å²) in [5.74, 6) is -1.18. The molecule has 2 heterocycles. The minimum Gasteiger partial charge on any atom is -0.480 e. The SMILES string of the molecule is CC1(C)S[C@@H]2[C@H](NC(=O)CCC3CCC=CC3N)C(=O)N2[C@H]1C(=O)O. The number of hydrogen-bond acceptors (Lipinski definition) is 5. The molecule has 2 fully saturated rings. The van der Waals surface area contributed by atoms with Crippen LogP contribution < -0.4 is 11.1 Å². The van der Waals surface area contributed by atoms with Crippen LogP contribution in [0.15, 0.2) is 12.2 Å². The molecule has 0 spiro atoms. The first-order valence-corrected chi connectivity index (χ1v) is 9.55. The Hall–Kier alpha value is -1.54. The van der Waals surface area contributed by atoms with Crippen LogP contribution in [-0.2, 0) is 14.4 Å². The fourth-order valence-electron chi connectivity index (χ4n) is 3.96. The summed E-state index contributed by atoms with van der Waals surface area (Å²) >= 11 is 1.43. The van der Waals surface area contributed by atoms with Crippen LogP contribution in [0.4, 0.5) is 0 Å². The zero-order valence-corrected chi connectivity index (χ0v) is 15.3. The molecule has 25 heavy (non-hydrogen) atoms. The molecule has 0 aromatic rings. The van der Waals surface area contributed by atoms with Crippen molar-refractivity contribution < 1.29 is 19.5 Å². The van der Waals surface area contributed by atoms with Crippen LogP contribution in [0.2, 0.25) is 0 Å². The molecule has 0 radical (unpaired) electrons. The molecule has 5 atom stereocenters. The molecule has 2 aliphatic heterocycles. The number of carboxylic acid groups (broad SMARTS) is 1. The number of carbonyl (C=O) groups is 3. The third kappa shape index (κ3) is 3.29. The molecule has 2 amide bonds. The number of hydrogen-bond donors (Lipinski definition) is 3. The van der Waals surface area contributed by atoms with E-state index in [0.29, 0.717) is 18.8 Å². The van der Waals surface area contributed by atoms with Crippen LogP contribution in [0.3, 0.4) is 0 Å². The van der Waals surface area contributed by atoms with Crippen molar-refractivity contribution in [3.8, 4) is 0 Å². The number of aliphatic carboxylic acids is 1. The molecule has 2 unspecified atom stereocenters. The Morgan fingerprint density at radius 3 is 2.84 bits per heavy atom. The van der Waals surface area contributed by atoms with Crippen molar-refractivity contribution in [2.24, 2.45) is 11.7 Å². The fraction of sp³-hybridized carbons (Fsp3) is 0.706. The second-order valence-corrected chi connectivity index (χ2v) is 9.30. The minimum absolute atomic E-state index is 0.00936. The van der Waals surface area contributed by atoms with Gasteiger partial charge in [0.05, 0.1) is 0 Å². The van der Waals surface area contributed by atoms with Gasteiger partial charge in [-0.15, -0.1) is 11.8 Å². The molecule has 1 aliphatic carbocycles. The van der Waals surface area contributed by atoms with Crippen LogP contribution in [-0.4, -0.2) is 56.0 Å². The van der Waals surface area contributed by atoms with Gasteiger partial charge >= 0.3 is 5.97 Å². The van der Waals surface area contributed by atoms with Gasteiger partial charge in [-0.1, -0.05) is 12.2 Å². The topological polar surface area (TPSA) is 113 Å². The third-order valence-electron chi connectivity index (χ3n) is 5.34. The second kappa shape index (κ2) is 6.64. The lowest BCUT2D eigenvalue weighted by Gasteiger charge is -2.43. The van der Waals surface area contributed by atoms with E-state index < -0.39 is 22.8 Å². The lowest BCUT2D eigenvalue weighted by Crippen LogP contribution is -2.70. The summed E-state index contributed by atoms with van der Waals surface area (Å²) in [6.07, 6.45) is 7.06. The van der Waals surface area contributed by atoms with Crippen molar-refractivity contribution >= 4 is 29.5 Å². The number of nitrogens with two attached hydrogens (primary N) is 1. The number of β-lactam (4-membered cyclic amide) rings is 1. The smallest absolute Gasteiger partial charge is 0.327 e. The maximum atomic E-state index is 12.3. The second-order valence-electron chi connectivity index (χ2n) is 7.52. The molecule has 3 aliphatic rings. The Bertz CT molecular complexity index is 621. The maximum Gasteiger partial charge on any atom is 0.327 e. The summed E-state index contributed by atoms with van der Waals surface area (Å²) < 4.78 is -0.577. The molecular weight excluding hydrogens is 342 g/mol. The van der Waals surface area contributed by atoms with Gasteiger partial charge in [-0.3, -0.25) is 9.59 Å². The maximum absolute atomic E-state index is 12.3. The van der Waals surface area contributed by atoms with Gasteiger partial charge in [0.2, 0.25) is 11.8 Å². The average Bonchev–Trinajstić information content (AvgIpc) is 2.80. The van der Waals surface area contributed by atoms with Crippen LogP contribution in [0.25, 0.3) is 0 Å². The first-order valence-electron chi connectivity index (χ1n) is 8.67. The highest BCUT2D eigenvalue weighted by Crippen LogP contribution is 2.50. The molecule has 0 saturated carbocycles. The van der Waals surface area contributed by atoms with E-state index in [2.05, 4.69) is 11.4 Å². The van der Waals surface area contributed by atoms with E-state index in [0.717, 1.165) is 12.8 Å². The first kappa shape index (κ1) is 18.3. The van der Waals surface area contributed by atoms with Gasteiger partial charge in [-0.2, -0.15) is 0 Å². The molecule has 2 saturated heterocycles. The summed E-state index contributed by atoms with van der Waals surface area (Å²) in [5, 5.41) is 11.9. The number of rotatable bonds is 5. The highest BCUT2D eigenvalue weighted by molar-refractivity contribution is 8.01. The van der Waals surface area contributed by atoms with E-state index in [1.807, 2.05) is 19.9 Å². The fourth-order valence-corrected chi connectivity index (χ4v) is 5.58. The number of fused-ring (bicyclic) bond motifs is 1. The van der Waals surface area contributed by atoms with Gasteiger partial charge < -0.3 is 21.1 Å². The predicted molar refractivity (Wildman–Crippen MR) is 94.7 cm³/mol. The largest absolute Gasteiger partial charge is 0.480 e. The van der Waals surface area contributed by atoms with E-state index in [1.165, 1.54) is 16.7 Å². The highest BCUT2D eigenvalue weighted by Gasteiger charge is 2.64. The number of amides is 2. The molecule has 0 aromatic heterocycles. The van der Waals surface area contributed by atoms with E-state index >= 15 is 0 Å². The Labute approximate surface area is 151 Å². The standard InChI is InChI=1S/C17H25N3O4S/c1-17(2)13(16(23)24)20-14(22)12(15(20)25-17)19-11(21)8-7-9-5-3-4-6-10(9)18/h4,6,9-10,12-13,15H,3,5,7-8,18H2,1-2H3,(H,19,21)(H,23,24)/t9?,10?,12-,13+,15-/m1/s1. The van der Waals surface area contributed by atoms with E-state index in [4.69, 9.17) is 5.73 Å². The van der Waals surface area contributed by atoms with E-state index in [9.17, 15) is 19.5 Å². The van der Waals surface area contributed by atoms with Crippen LogP contribution >= 0.6 is 11.8 Å². The van der Waals surface area contributed by atoms with Crippen molar-refractivity contribution in [1.82, 2.24) is 10.2 Å². The molecule has 4 N–H and O–H groups in total. The summed E-state index contributed by atoms with van der Waals surface area (Å²) in [4.78, 5) is 37.5. The monoisotopic (exact) mass is 367 g/mol. The Kier molecular flexibility index (Phi) is 4.85. The molecule has 8 heteroatoms. The van der Waals surface area contributed by atoms with Crippen LogP contribution in [0.1, 0.15) is 39.5 Å². The summed E-state index contributed by atoms with van der Waals surface area (Å²) in [6, 6.07) is -1.49. The van der Waals surface area contributed by atoms with Gasteiger partial charge in [0.15, 0.2) is 0 Å². The molecule has 0 bridgehead atoms. The van der Waals surface area contributed by atoms with Gasteiger partial charge in [0, 0.05) is 17.2 Å². The predicted octanol–water partition coefficient (Wildman–Crippen LogP) is 0.692. The van der Waals surface area contributed by atoms with Gasteiger partial charge in [0.1, 0.15) is 17.5 Å². The number of allylic oxidation sites excluding steroid dienone is 1. The highest BCUT2D eigenvalue weighted by atomic mass is 32.2. The van der Waals surface area contributed by atoms with Gasteiger partial charge in [-0.05, 0) is 39.0 Å². The van der Waals surface area contributed by atoms with Crippen molar-refractivity contribution in [3.05, 3.63) is 12.2 Å². The zero-order valence-electron chi connectivity index (χ0n) is 14.5. The lowest BCUT2D eigenvalue weighted by molar-refractivity contribution is -0.161. The van der Waals surface area contributed by atoms with E-state index in [1.54, 1.807) is 0 Å². The Morgan fingerprint density at radius 2 is 2.20 bits per heavy atom. The van der Waals surface area contributed by atoms with Gasteiger partial charge in [-0.25, -0.2) is 4.79 Å². The molecule has 3 rings (SSSR count). The van der Waals surface area contributed by atoms with Crippen molar-refractivity contribution in [2.45, 2.75) is 67.8 Å². The number of carboxylic acids is 1. The number of nitrogens with one attached hydrogen (secondary N) is 1. The molecular formula is C17H25N3O4S. The minimum atomic E-state index is -1.00. The lowest BCUT2D eigenvalue weighted by atomic mass is 9.86. The first-order chi connectivity index (χ1) is 11.7.